The molecule has 1 fully saturated rings. The van der Waals surface area contributed by atoms with Crippen LogP contribution in [-0.2, 0) is 0 Å². The molecule has 0 spiro atoms. The molecule has 158 valence electrons. The molecule has 1 N–H and O–H groups in total. The van der Waals surface area contributed by atoms with E-state index in [2.05, 4.69) is 20.4 Å². The molecule has 3 aromatic rings. The number of non-ortho nitro benzene ring substituents is 1. The molecule has 8 nitrogen and oxygen atoms in total. The van der Waals surface area contributed by atoms with E-state index in [1.165, 1.54) is 31.4 Å². The fraction of sp³-hybridized carbons (Fsp3) is 0.227. The first-order chi connectivity index (χ1) is 15.0. The van der Waals surface area contributed by atoms with Gasteiger partial charge in [-0.2, -0.15) is 0 Å². The fourth-order valence-corrected chi connectivity index (χ4v) is 3.73. The first kappa shape index (κ1) is 20.7. The van der Waals surface area contributed by atoms with Gasteiger partial charge in [-0.15, -0.1) is 10.2 Å². The Hall–Kier alpha value is -3.52. The predicted octanol–water partition coefficient (Wildman–Crippen LogP) is 4.95. The van der Waals surface area contributed by atoms with Crippen LogP contribution in [0.5, 0.6) is 0 Å². The van der Waals surface area contributed by atoms with E-state index >= 15 is 0 Å². The van der Waals surface area contributed by atoms with E-state index in [4.69, 9.17) is 11.6 Å². The lowest BCUT2D eigenvalue weighted by Gasteiger charge is -2.27. The van der Waals surface area contributed by atoms with Gasteiger partial charge in [0.25, 0.3) is 11.6 Å². The number of halogens is 1. The minimum Gasteiger partial charge on any atom is -0.355 e. The molecule has 0 saturated carbocycles. The minimum absolute atomic E-state index is 0.0342. The van der Waals surface area contributed by atoms with Gasteiger partial charge in [0.05, 0.1) is 21.2 Å². The lowest BCUT2D eigenvalue weighted by atomic mass is 10.1. The van der Waals surface area contributed by atoms with Crippen LogP contribution < -0.4 is 10.2 Å². The SMILES string of the molecule is O=C(Nc1cccc(-c2ccc(N3CCCCC3)nn2)c1)c1cc([N+](=O)[O-])ccc1Cl. The van der Waals surface area contributed by atoms with E-state index < -0.39 is 10.8 Å². The average molecular weight is 438 g/mol. The number of anilines is 2. The van der Waals surface area contributed by atoms with Gasteiger partial charge in [0.2, 0.25) is 0 Å². The quantitative estimate of drug-likeness (QED) is 0.447. The zero-order valence-corrected chi connectivity index (χ0v) is 17.4. The maximum absolute atomic E-state index is 12.6. The van der Waals surface area contributed by atoms with Gasteiger partial charge in [0.15, 0.2) is 5.82 Å². The number of benzene rings is 2. The molecule has 1 saturated heterocycles. The van der Waals surface area contributed by atoms with Crippen molar-refractivity contribution >= 4 is 34.7 Å². The fourth-order valence-electron chi connectivity index (χ4n) is 3.53. The van der Waals surface area contributed by atoms with Crippen LogP contribution in [0.25, 0.3) is 11.3 Å². The number of rotatable bonds is 5. The van der Waals surface area contributed by atoms with E-state index in [0.717, 1.165) is 30.5 Å². The number of carbonyl (C=O) groups is 1. The van der Waals surface area contributed by atoms with Crippen LogP contribution in [0.3, 0.4) is 0 Å². The van der Waals surface area contributed by atoms with Gasteiger partial charge in [-0.25, -0.2) is 0 Å². The lowest BCUT2D eigenvalue weighted by molar-refractivity contribution is -0.384. The van der Waals surface area contributed by atoms with Gasteiger partial charge in [-0.05, 0) is 49.6 Å². The summed E-state index contributed by atoms with van der Waals surface area (Å²) in [4.78, 5) is 25.3. The summed E-state index contributed by atoms with van der Waals surface area (Å²) < 4.78 is 0. The van der Waals surface area contributed by atoms with Gasteiger partial charge in [0, 0.05) is 36.5 Å². The molecule has 0 bridgehead atoms. The molecule has 31 heavy (non-hydrogen) atoms. The Morgan fingerprint density at radius 2 is 1.84 bits per heavy atom. The molecule has 0 atom stereocenters. The van der Waals surface area contributed by atoms with E-state index in [1.54, 1.807) is 18.2 Å². The molecule has 2 heterocycles. The zero-order valence-electron chi connectivity index (χ0n) is 16.6. The zero-order chi connectivity index (χ0) is 21.8. The van der Waals surface area contributed by atoms with E-state index in [-0.39, 0.29) is 16.3 Å². The summed E-state index contributed by atoms with van der Waals surface area (Å²) >= 11 is 6.06. The maximum Gasteiger partial charge on any atom is 0.270 e. The van der Waals surface area contributed by atoms with Crippen molar-refractivity contribution in [3.63, 3.8) is 0 Å². The Morgan fingerprint density at radius 3 is 2.55 bits per heavy atom. The van der Waals surface area contributed by atoms with Crippen molar-refractivity contribution in [2.45, 2.75) is 19.3 Å². The third-order valence-corrected chi connectivity index (χ3v) is 5.48. The van der Waals surface area contributed by atoms with Crippen molar-refractivity contribution < 1.29 is 9.72 Å². The minimum atomic E-state index is -0.569. The molecule has 1 aromatic heterocycles. The Kier molecular flexibility index (Phi) is 6.08. The molecule has 0 unspecified atom stereocenters. The van der Waals surface area contributed by atoms with Crippen LogP contribution >= 0.6 is 11.6 Å². The second kappa shape index (κ2) is 9.09. The number of hydrogen-bond donors (Lipinski definition) is 1. The van der Waals surface area contributed by atoms with Crippen LogP contribution in [0.2, 0.25) is 5.02 Å². The highest BCUT2D eigenvalue weighted by atomic mass is 35.5. The molecule has 1 aliphatic heterocycles. The van der Waals surface area contributed by atoms with Gasteiger partial charge >= 0.3 is 0 Å². The second-order valence-electron chi connectivity index (χ2n) is 7.28. The third-order valence-electron chi connectivity index (χ3n) is 5.15. The number of carbonyl (C=O) groups excluding carboxylic acids is 1. The highest BCUT2D eigenvalue weighted by molar-refractivity contribution is 6.34. The third kappa shape index (κ3) is 4.80. The Morgan fingerprint density at radius 1 is 1.03 bits per heavy atom. The van der Waals surface area contributed by atoms with E-state index in [0.29, 0.717) is 11.4 Å². The topological polar surface area (TPSA) is 101 Å². The number of aromatic nitrogens is 2. The van der Waals surface area contributed by atoms with Crippen molar-refractivity contribution in [2.75, 3.05) is 23.3 Å². The van der Waals surface area contributed by atoms with Crippen molar-refractivity contribution in [3.05, 3.63) is 75.3 Å². The number of amides is 1. The largest absolute Gasteiger partial charge is 0.355 e. The van der Waals surface area contributed by atoms with Crippen LogP contribution in [0.1, 0.15) is 29.6 Å². The molecule has 0 radical (unpaired) electrons. The Balaban J connectivity index is 1.51. The van der Waals surface area contributed by atoms with Gasteiger partial charge in [-0.1, -0.05) is 23.7 Å². The number of nitrogens with one attached hydrogen (secondary N) is 1. The summed E-state index contributed by atoms with van der Waals surface area (Å²) in [7, 11) is 0. The number of nitrogens with zero attached hydrogens (tertiary/aromatic N) is 4. The van der Waals surface area contributed by atoms with Crippen LogP contribution in [0.15, 0.2) is 54.6 Å². The summed E-state index contributed by atoms with van der Waals surface area (Å²) in [6, 6.07) is 14.8. The molecule has 9 heteroatoms. The summed E-state index contributed by atoms with van der Waals surface area (Å²) in [6.07, 6.45) is 3.58. The van der Waals surface area contributed by atoms with Gasteiger partial charge in [-0.3, -0.25) is 14.9 Å². The highest BCUT2D eigenvalue weighted by Crippen LogP contribution is 2.26. The highest BCUT2D eigenvalue weighted by Gasteiger charge is 2.17. The molecular formula is C22H20ClN5O3. The maximum atomic E-state index is 12.6. The summed E-state index contributed by atoms with van der Waals surface area (Å²) in [5, 5.41) is 22.6. The van der Waals surface area contributed by atoms with Crippen LogP contribution in [0.4, 0.5) is 17.2 Å². The summed E-state index contributed by atoms with van der Waals surface area (Å²) in [5.74, 6) is 0.339. The first-order valence-electron chi connectivity index (χ1n) is 9.96. The molecule has 4 rings (SSSR count). The molecule has 0 aliphatic carbocycles. The molecule has 1 amide bonds. The van der Waals surface area contributed by atoms with Crippen molar-refractivity contribution in [2.24, 2.45) is 0 Å². The van der Waals surface area contributed by atoms with E-state index in [9.17, 15) is 14.9 Å². The number of hydrogen-bond acceptors (Lipinski definition) is 6. The van der Waals surface area contributed by atoms with E-state index in [1.807, 2.05) is 18.2 Å². The summed E-state index contributed by atoms with van der Waals surface area (Å²) in [6.45, 7) is 1.99. The normalized spacial score (nSPS) is 13.6. The summed E-state index contributed by atoms with van der Waals surface area (Å²) in [5.41, 5.74) is 1.83. The monoisotopic (exact) mass is 437 g/mol. The number of nitro benzene ring substituents is 1. The lowest BCUT2D eigenvalue weighted by Crippen LogP contribution is -2.30. The Labute approximate surface area is 184 Å². The molecule has 1 aliphatic rings. The number of nitro groups is 1. The Bertz CT molecular complexity index is 1110. The van der Waals surface area contributed by atoms with Crippen LogP contribution in [0, 0.1) is 10.1 Å². The predicted molar refractivity (Wildman–Crippen MR) is 120 cm³/mol. The average Bonchev–Trinajstić information content (AvgIpc) is 2.80. The van der Waals surface area contributed by atoms with Gasteiger partial charge in [0.1, 0.15) is 0 Å². The number of piperidine rings is 1. The molecule has 2 aromatic carbocycles. The van der Waals surface area contributed by atoms with Crippen molar-refractivity contribution in [3.8, 4) is 11.3 Å². The first-order valence-corrected chi connectivity index (χ1v) is 10.3. The van der Waals surface area contributed by atoms with Crippen molar-refractivity contribution in [1.82, 2.24) is 10.2 Å². The van der Waals surface area contributed by atoms with Crippen LogP contribution in [-0.4, -0.2) is 34.1 Å². The smallest absolute Gasteiger partial charge is 0.270 e. The van der Waals surface area contributed by atoms with Crippen molar-refractivity contribution in [1.29, 1.82) is 0 Å². The molecular weight excluding hydrogens is 418 g/mol. The van der Waals surface area contributed by atoms with Gasteiger partial charge < -0.3 is 10.2 Å². The standard InChI is InChI=1S/C22H20ClN5O3/c23-19-8-7-17(28(30)31)14-18(19)22(29)24-16-6-4-5-15(13-16)20-9-10-21(26-25-20)27-11-2-1-3-12-27/h4-10,13-14H,1-3,11-12H2,(H,24,29). The second-order valence-corrected chi connectivity index (χ2v) is 7.69.